The van der Waals surface area contributed by atoms with Crippen molar-refractivity contribution in [3.05, 3.63) is 58.7 Å². The first-order valence-electron chi connectivity index (χ1n) is 8.65. The second kappa shape index (κ2) is 5.73. The molecule has 3 aliphatic rings. The fourth-order valence-corrected chi connectivity index (χ4v) is 4.32. The summed E-state index contributed by atoms with van der Waals surface area (Å²) in [6.07, 6.45) is -0.0779. The number of rotatable bonds is 2. The average molecular weight is 340 g/mol. The Kier molecular flexibility index (Phi) is 3.48. The normalized spacial score (nSPS) is 30.4. The Morgan fingerprint density at radius 3 is 2.08 bits per heavy atom. The highest BCUT2D eigenvalue weighted by atomic mass is 16.5. The van der Waals surface area contributed by atoms with Crippen LogP contribution in [-0.4, -0.2) is 23.4 Å². The van der Waals surface area contributed by atoms with Crippen molar-refractivity contribution in [2.24, 2.45) is 11.8 Å². The summed E-state index contributed by atoms with van der Waals surface area (Å²) in [4.78, 5) is 0. The van der Waals surface area contributed by atoms with Crippen LogP contribution in [-0.2, 0) is 27.4 Å². The summed E-state index contributed by atoms with van der Waals surface area (Å²) < 4.78 is 17.7. The number of aromatic hydroxyl groups is 2. The Hall–Kier alpha value is -2.08. The molecule has 2 fully saturated rings. The third-order valence-electron chi connectivity index (χ3n) is 5.67. The number of hydrogen-bond donors (Lipinski definition) is 2. The van der Waals surface area contributed by atoms with E-state index in [1.54, 1.807) is 6.07 Å². The van der Waals surface area contributed by atoms with Gasteiger partial charge in [-0.1, -0.05) is 24.3 Å². The lowest BCUT2D eigenvalue weighted by molar-refractivity contribution is 0.0192. The summed E-state index contributed by atoms with van der Waals surface area (Å²) in [7, 11) is 0. The molecule has 0 bridgehead atoms. The smallest absolute Gasteiger partial charge is 0.157 e. The van der Waals surface area contributed by atoms with Crippen molar-refractivity contribution in [2.45, 2.75) is 25.4 Å². The molecule has 2 N–H and O–H groups in total. The van der Waals surface area contributed by atoms with E-state index in [1.165, 1.54) is 22.8 Å². The zero-order valence-electron chi connectivity index (χ0n) is 13.7. The zero-order valence-corrected chi connectivity index (χ0v) is 13.7. The maximum Gasteiger partial charge on any atom is 0.157 e. The van der Waals surface area contributed by atoms with Crippen LogP contribution < -0.4 is 0 Å². The van der Waals surface area contributed by atoms with E-state index in [9.17, 15) is 10.2 Å². The number of ether oxygens (including phenoxy) is 3. The van der Waals surface area contributed by atoms with Gasteiger partial charge >= 0.3 is 0 Å². The van der Waals surface area contributed by atoms with Crippen LogP contribution in [0.25, 0.3) is 0 Å². The molecule has 5 nitrogen and oxygen atoms in total. The molecule has 0 radical (unpaired) electrons. The molecule has 0 amide bonds. The van der Waals surface area contributed by atoms with Crippen LogP contribution >= 0.6 is 0 Å². The molecule has 3 heterocycles. The number of phenols is 2. The average Bonchev–Trinajstić information content (AvgIpc) is 3.31. The Bertz CT molecular complexity index is 818. The molecular weight excluding hydrogens is 320 g/mol. The van der Waals surface area contributed by atoms with Gasteiger partial charge in [-0.15, -0.1) is 0 Å². The molecule has 0 unspecified atom stereocenters. The van der Waals surface area contributed by atoms with Crippen LogP contribution in [0, 0.1) is 11.8 Å². The van der Waals surface area contributed by atoms with Gasteiger partial charge in [0.15, 0.2) is 11.5 Å². The van der Waals surface area contributed by atoms with Crippen LogP contribution in [0.3, 0.4) is 0 Å². The lowest BCUT2D eigenvalue weighted by atomic mass is 9.84. The Morgan fingerprint density at radius 2 is 1.36 bits per heavy atom. The summed E-state index contributed by atoms with van der Waals surface area (Å²) in [5, 5.41) is 19.3. The number of hydrogen-bond acceptors (Lipinski definition) is 5. The third kappa shape index (κ3) is 2.42. The Morgan fingerprint density at radius 1 is 0.720 bits per heavy atom. The van der Waals surface area contributed by atoms with Gasteiger partial charge in [0.2, 0.25) is 0 Å². The standard InChI is InChI=1S/C20H20O5/c21-17-4-3-12(6-18(17)22)20-16-10-24-19(15(16)9-25-20)11-1-2-13-7-23-8-14(13)5-11/h1-6,15-16,19-22H,7-10H2/t15-,16-,19+,20-/m0/s1. The molecular formula is C20H20O5. The van der Waals surface area contributed by atoms with Crippen molar-refractivity contribution in [2.75, 3.05) is 13.2 Å². The van der Waals surface area contributed by atoms with Crippen molar-refractivity contribution in [1.82, 2.24) is 0 Å². The van der Waals surface area contributed by atoms with Gasteiger partial charge in [-0.3, -0.25) is 0 Å². The first kappa shape index (κ1) is 15.2. The summed E-state index contributed by atoms with van der Waals surface area (Å²) >= 11 is 0. The maximum atomic E-state index is 9.77. The molecule has 2 saturated heterocycles. The minimum Gasteiger partial charge on any atom is -0.504 e. The maximum absolute atomic E-state index is 9.77. The number of phenolic OH excluding ortho intramolecular Hbond substituents is 2. The quantitative estimate of drug-likeness (QED) is 0.822. The Labute approximate surface area is 145 Å². The lowest BCUT2D eigenvalue weighted by Gasteiger charge is -2.17. The molecule has 5 rings (SSSR count). The van der Waals surface area contributed by atoms with Crippen molar-refractivity contribution in [1.29, 1.82) is 0 Å². The highest BCUT2D eigenvalue weighted by Crippen LogP contribution is 2.51. The molecule has 0 aliphatic carbocycles. The molecule has 2 aromatic carbocycles. The second-order valence-corrected chi connectivity index (χ2v) is 7.10. The molecule has 0 saturated carbocycles. The van der Waals surface area contributed by atoms with E-state index in [4.69, 9.17) is 14.2 Å². The highest BCUT2D eigenvalue weighted by Gasteiger charge is 2.48. The van der Waals surface area contributed by atoms with Crippen LogP contribution in [0.2, 0.25) is 0 Å². The van der Waals surface area contributed by atoms with Crippen molar-refractivity contribution < 1.29 is 24.4 Å². The predicted octanol–water partition coefficient (Wildman–Crippen LogP) is 3.20. The molecule has 25 heavy (non-hydrogen) atoms. The van der Waals surface area contributed by atoms with Gasteiger partial charge in [0.25, 0.3) is 0 Å². The predicted molar refractivity (Wildman–Crippen MR) is 89.1 cm³/mol. The molecule has 0 spiro atoms. The minimum atomic E-state index is -0.112. The van der Waals surface area contributed by atoms with Gasteiger partial charge < -0.3 is 24.4 Å². The molecule has 0 aromatic heterocycles. The highest BCUT2D eigenvalue weighted by molar-refractivity contribution is 5.42. The van der Waals surface area contributed by atoms with Gasteiger partial charge in [-0.05, 0) is 34.4 Å². The molecule has 2 aromatic rings. The Balaban J connectivity index is 1.40. The molecule has 130 valence electrons. The fourth-order valence-electron chi connectivity index (χ4n) is 4.32. The van der Waals surface area contributed by atoms with Crippen LogP contribution in [0.1, 0.15) is 34.5 Å². The first-order chi connectivity index (χ1) is 12.2. The second-order valence-electron chi connectivity index (χ2n) is 7.10. The largest absolute Gasteiger partial charge is 0.504 e. The molecule has 4 atom stereocenters. The van der Waals surface area contributed by atoms with Crippen LogP contribution in [0.15, 0.2) is 36.4 Å². The van der Waals surface area contributed by atoms with E-state index in [1.807, 2.05) is 6.07 Å². The van der Waals surface area contributed by atoms with Crippen molar-refractivity contribution in [3.8, 4) is 11.5 Å². The topological polar surface area (TPSA) is 68.2 Å². The van der Waals surface area contributed by atoms with Crippen LogP contribution in [0.5, 0.6) is 11.5 Å². The third-order valence-corrected chi connectivity index (χ3v) is 5.67. The zero-order chi connectivity index (χ0) is 17.0. The SMILES string of the molecule is Oc1ccc([C@@H]2OC[C@H]3[C@@H]2CO[C@@H]3c2ccc3c(c2)COC3)cc1O. The van der Waals surface area contributed by atoms with Gasteiger partial charge in [-0.25, -0.2) is 0 Å². The minimum absolute atomic E-state index is 0.0339. The van der Waals surface area contributed by atoms with Crippen molar-refractivity contribution >= 4 is 0 Å². The van der Waals surface area contributed by atoms with E-state index >= 15 is 0 Å². The fraction of sp³-hybridized carbons (Fsp3) is 0.400. The van der Waals surface area contributed by atoms with E-state index in [-0.39, 0.29) is 29.6 Å². The summed E-state index contributed by atoms with van der Waals surface area (Å²) in [5.74, 6) is 0.317. The van der Waals surface area contributed by atoms with Gasteiger partial charge in [0.05, 0.1) is 38.6 Å². The monoisotopic (exact) mass is 340 g/mol. The van der Waals surface area contributed by atoms with Gasteiger partial charge in [0.1, 0.15) is 0 Å². The van der Waals surface area contributed by atoms with Crippen LogP contribution in [0.4, 0.5) is 0 Å². The van der Waals surface area contributed by atoms with Gasteiger partial charge in [0, 0.05) is 11.8 Å². The van der Waals surface area contributed by atoms with E-state index in [0.717, 1.165) is 5.56 Å². The first-order valence-corrected chi connectivity index (χ1v) is 8.65. The van der Waals surface area contributed by atoms with Gasteiger partial charge in [-0.2, -0.15) is 0 Å². The van der Waals surface area contributed by atoms with E-state index in [2.05, 4.69) is 18.2 Å². The number of benzene rings is 2. The number of fused-ring (bicyclic) bond motifs is 2. The molecule has 3 aliphatic heterocycles. The van der Waals surface area contributed by atoms with E-state index in [0.29, 0.717) is 32.3 Å². The molecule has 5 heteroatoms. The van der Waals surface area contributed by atoms with Crippen molar-refractivity contribution in [3.63, 3.8) is 0 Å². The summed E-state index contributed by atoms with van der Waals surface area (Å²) in [6.45, 7) is 2.64. The summed E-state index contributed by atoms with van der Waals surface area (Å²) in [5.41, 5.74) is 4.59. The lowest BCUT2D eigenvalue weighted by Crippen LogP contribution is -2.14. The summed E-state index contributed by atoms with van der Waals surface area (Å²) in [6, 6.07) is 11.4. The van der Waals surface area contributed by atoms with E-state index < -0.39 is 0 Å².